The van der Waals surface area contributed by atoms with E-state index in [1.807, 2.05) is 0 Å². The van der Waals surface area contributed by atoms with Crippen LogP contribution in [0.15, 0.2) is 0 Å². The second-order valence-corrected chi connectivity index (χ2v) is 2.67. The fourth-order valence-corrected chi connectivity index (χ4v) is 0.561. The molecule has 0 aromatic heterocycles. The van der Waals surface area contributed by atoms with Crippen LogP contribution >= 0.6 is 0 Å². The third-order valence-electron chi connectivity index (χ3n) is 1.52. The summed E-state index contributed by atoms with van der Waals surface area (Å²) >= 11 is 0. The quantitative estimate of drug-likeness (QED) is 0.617. The lowest BCUT2D eigenvalue weighted by atomic mass is 10.0. The van der Waals surface area contributed by atoms with Crippen LogP contribution in [0.2, 0.25) is 0 Å². The van der Waals surface area contributed by atoms with E-state index in [2.05, 4.69) is 5.73 Å². The van der Waals surface area contributed by atoms with Gasteiger partial charge in [-0.15, -0.1) is 0 Å². The van der Waals surface area contributed by atoms with E-state index in [0.717, 1.165) is 0 Å². The topological polar surface area (TPSA) is 26.0 Å². The number of hydrogen-bond donors (Lipinski definition) is 1. The molecule has 16 heavy (non-hydrogen) atoms. The molecule has 0 heterocycles. The number of halogens is 10. The lowest BCUT2D eigenvalue weighted by Crippen LogP contribution is -2.65. The molecular weight excluding hydrogens is 264 g/mol. The van der Waals surface area contributed by atoms with Crippen molar-refractivity contribution in [3.05, 3.63) is 0 Å². The van der Waals surface area contributed by atoms with Crippen molar-refractivity contribution in [1.29, 1.82) is 0 Å². The molecular formula is C5H3F10N. The van der Waals surface area contributed by atoms with E-state index in [1.165, 1.54) is 0 Å². The predicted octanol–water partition coefficient (Wildman–Crippen LogP) is 2.71. The molecule has 11 heteroatoms. The number of alkyl halides is 10. The summed E-state index contributed by atoms with van der Waals surface area (Å²) in [7, 11) is 0. The van der Waals surface area contributed by atoms with Crippen LogP contribution in [0.25, 0.3) is 0 Å². The van der Waals surface area contributed by atoms with Gasteiger partial charge >= 0.3 is 23.9 Å². The normalized spacial score (nSPS) is 17.4. The fourth-order valence-electron chi connectivity index (χ4n) is 0.561. The maximum atomic E-state index is 12.2. The summed E-state index contributed by atoms with van der Waals surface area (Å²) in [6, 6.07) is 0. The van der Waals surface area contributed by atoms with Crippen molar-refractivity contribution in [1.82, 2.24) is 0 Å². The Morgan fingerprint density at radius 1 is 0.688 bits per heavy atom. The summed E-state index contributed by atoms with van der Waals surface area (Å²) in [5.41, 5.74) is 3.60. The van der Waals surface area contributed by atoms with Crippen molar-refractivity contribution < 1.29 is 43.9 Å². The first-order valence-electron chi connectivity index (χ1n) is 3.29. The Kier molecular flexibility index (Phi) is 3.47. The van der Waals surface area contributed by atoms with Gasteiger partial charge in [0.05, 0.1) is 0 Å². The summed E-state index contributed by atoms with van der Waals surface area (Å²) in [6.45, 7) is 0. The second-order valence-electron chi connectivity index (χ2n) is 2.67. The first-order chi connectivity index (χ1) is 6.69. The Morgan fingerprint density at radius 3 is 1.19 bits per heavy atom. The van der Waals surface area contributed by atoms with E-state index >= 15 is 0 Å². The third kappa shape index (κ3) is 1.92. The Hall–Kier alpha value is -0.740. The second kappa shape index (κ2) is 3.64. The van der Waals surface area contributed by atoms with E-state index in [4.69, 9.17) is 0 Å². The van der Waals surface area contributed by atoms with Crippen LogP contribution in [-0.4, -0.2) is 30.2 Å². The predicted molar refractivity (Wildman–Crippen MR) is 30.0 cm³/mol. The first-order valence-corrected chi connectivity index (χ1v) is 3.29. The molecule has 0 spiro atoms. The largest absolute Gasteiger partial charge is 0.460 e. The highest BCUT2D eigenvalue weighted by Gasteiger charge is 2.83. The van der Waals surface area contributed by atoms with Crippen LogP contribution in [0.5, 0.6) is 0 Å². The van der Waals surface area contributed by atoms with Gasteiger partial charge in [-0.2, -0.15) is 39.5 Å². The molecule has 0 aromatic rings. The van der Waals surface area contributed by atoms with Crippen LogP contribution in [0.1, 0.15) is 0 Å². The van der Waals surface area contributed by atoms with E-state index in [0.29, 0.717) is 0 Å². The van der Waals surface area contributed by atoms with Crippen LogP contribution in [-0.2, 0) is 0 Å². The monoisotopic (exact) mass is 267 g/mol. The SMILES string of the molecule is NC(F)C(F)(F)C(F)(F)C(F)(F)C(F)(F)F. The highest BCUT2D eigenvalue weighted by Crippen LogP contribution is 2.53. The van der Waals surface area contributed by atoms with E-state index in [9.17, 15) is 43.9 Å². The molecule has 0 aliphatic heterocycles. The lowest BCUT2D eigenvalue weighted by Gasteiger charge is -2.33. The molecule has 0 aliphatic carbocycles. The van der Waals surface area contributed by atoms with Crippen molar-refractivity contribution in [2.75, 3.05) is 0 Å². The maximum Gasteiger partial charge on any atom is 0.460 e. The van der Waals surface area contributed by atoms with Crippen molar-refractivity contribution in [2.24, 2.45) is 5.73 Å². The van der Waals surface area contributed by atoms with Crippen molar-refractivity contribution >= 4 is 0 Å². The van der Waals surface area contributed by atoms with Crippen molar-refractivity contribution in [2.45, 2.75) is 30.2 Å². The molecule has 0 rings (SSSR count). The maximum absolute atomic E-state index is 12.2. The van der Waals surface area contributed by atoms with Crippen LogP contribution < -0.4 is 5.73 Å². The minimum Gasteiger partial charge on any atom is -0.296 e. The summed E-state index contributed by atoms with van der Waals surface area (Å²) in [4.78, 5) is 0. The Balaban J connectivity index is 5.53. The smallest absolute Gasteiger partial charge is 0.296 e. The summed E-state index contributed by atoms with van der Waals surface area (Å²) in [5.74, 6) is -20.5. The first kappa shape index (κ1) is 15.3. The lowest BCUT2D eigenvalue weighted by molar-refractivity contribution is -0.402. The van der Waals surface area contributed by atoms with Crippen LogP contribution in [0.3, 0.4) is 0 Å². The molecule has 0 aromatic carbocycles. The molecule has 1 nitrogen and oxygen atoms in total. The summed E-state index contributed by atoms with van der Waals surface area (Å²) in [6.07, 6.45) is -11.3. The molecule has 0 aliphatic rings. The summed E-state index contributed by atoms with van der Waals surface area (Å²) < 4.78 is 119. The van der Waals surface area contributed by atoms with Crippen molar-refractivity contribution in [3.63, 3.8) is 0 Å². The van der Waals surface area contributed by atoms with E-state index in [-0.39, 0.29) is 0 Å². The fraction of sp³-hybridized carbons (Fsp3) is 1.00. The van der Waals surface area contributed by atoms with Gasteiger partial charge in [-0.05, 0) is 0 Å². The molecule has 98 valence electrons. The molecule has 1 unspecified atom stereocenters. The third-order valence-corrected chi connectivity index (χ3v) is 1.52. The standard InChI is InChI=1S/C5H3F10N/c6-1(16)2(7,8)3(9,10)4(11,12)5(13,14)15/h1H,16H2. The van der Waals surface area contributed by atoms with Gasteiger partial charge < -0.3 is 0 Å². The van der Waals surface area contributed by atoms with E-state index in [1.54, 1.807) is 0 Å². The van der Waals surface area contributed by atoms with Gasteiger partial charge in [-0.3, -0.25) is 5.73 Å². The summed E-state index contributed by atoms with van der Waals surface area (Å²) in [5, 5.41) is 0. The Morgan fingerprint density at radius 2 is 1.00 bits per heavy atom. The Labute approximate surface area is 81.2 Å². The zero-order valence-corrected chi connectivity index (χ0v) is 6.93. The van der Waals surface area contributed by atoms with Gasteiger partial charge in [0.25, 0.3) is 0 Å². The molecule has 0 radical (unpaired) electrons. The van der Waals surface area contributed by atoms with Gasteiger partial charge in [0.2, 0.25) is 6.30 Å². The highest BCUT2D eigenvalue weighted by molar-refractivity contribution is 5.02. The Bertz CT molecular complexity index is 252. The van der Waals surface area contributed by atoms with Gasteiger partial charge in [0.15, 0.2) is 0 Å². The molecule has 0 saturated heterocycles. The van der Waals surface area contributed by atoms with Crippen molar-refractivity contribution in [3.8, 4) is 0 Å². The number of rotatable bonds is 3. The van der Waals surface area contributed by atoms with Gasteiger partial charge in [-0.1, -0.05) is 0 Å². The zero-order chi connectivity index (χ0) is 13.6. The average molecular weight is 267 g/mol. The van der Waals surface area contributed by atoms with Crippen LogP contribution in [0.4, 0.5) is 43.9 Å². The minimum absolute atomic E-state index is 3.60. The minimum atomic E-state index is -7.10. The molecule has 0 amide bonds. The molecule has 0 saturated carbocycles. The van der Waals surface area contributed by atoms with Gasteiger partial charge in [-0.25, -0.2) is 4.39 Å². The molecule has 0 bridgehead atoms. The molecule has 2 N–H and O–H groups in total. The van der Waals surface area contributed by atoms with Gasteiger partial charge in [0.1, 0.15) is 0 Å². The highest BCUT2D eigenvalue weighted by atomic mass is 19.4. The van der Waals surface area contributed by atoms with Crippen LogP contribution in [0, 0.1) is 0 Å². The van der Waals surface area contributed by atoms with E-state index < -0.39 is 30.2 Å². The molecule has 0 fully saturated rings. The average Bonchev–Trinajstić information content (AvgIpc) is 2.00. The number of hydrogen-bond acceptors (Lipinski definition) is 1. The molecule has 1 atom stereocenters. The zero-order valence-electron chi connectivity index (χ0n) is 6.93. The number of nitrogens with two attached hydrogens (primary N) is 1. The van der Waals surface area contributed by atoms with Gasteiger partial charge in [0, 0.05) is 0 Å².